The maximum atomic E-state index is 11.8. The molecule has 0 aromatic heterocycles. The number of rotatable bonds is 7. The van der Waals surface area contributed by atoms with Crippen LogP contribution in [0.25, 0.3) is 0 Å². The molecule has 2 fully saturated rings. The fourth-order valence-electron chi connectivity index (χ4n) is 3.90. The Kier molecular flexibility index (Phi) is 9.01. The highest BCUT2D eigenvalue weighted by Gasteiger charge is 2.38. The number of nitrogens with zero attached hydrogens (tertiary/aromatic N) is 2. The van der Waals surface area contributed by atoms with Crippen molar-refractivity contribution in [1.82, 2.24) is 20.9 Å². The van der Waals surface area contributed by atoms with E-state index in [1.807, 2.05) is 18.2 Å². The van der Waals surface area contributed by atoms with Gasteiger partial charge in [-0.3, -0.25) is 14.7 Å². The Morgan fingerprint density at radius 2 is 2.11 bits per heavy atom. The zero-order chi connectivity index (χ0) is 19.2. The second-order valence-corrected chi connectivity index (χ2v) is 7.64. The van der Waals surface area contributed by atoms with Crippen LogP contribution in [0.1, 0.15) is 49.0 Å². The lowest BCUT2D eigenvalue weighted by atomic mass is 10.1. The van der Waals surface area contributed by atoms with Crippen LogP contribution >= 0.6 is 24.0 Å². The van der Waals surface area contributed by atoms with Gasteiger partial charge in [-0.25, -0.2) is 0 Å². The van der Waals surface area contributed by atoms with Crippen LogP contribution < -0.4 is 16.0 Å². The summed E-state index contributed by atoms with van der Waals surface area (Å²) >= 11 is 0. The molecule has 2 unspecified atom stereocenters. The van der Waals surface area contributed by atoms with E-state index in [1.54, 1.807) is 7.05 Å². The van der Waals surface area contributed by atoms with Gasteiger partial charge < -0.3 is 16.0 Å². The van der Waals surface area contributed by atoms with Gasteiger partial charge in [0.2, 0.25) is 0 Å². The van der Waals surface area contributed by atoms with Gasteiger partial charge in [-0.2, -0.15) is 0 Å². The Hall–Kier alpha value is -1.35. The highest BCUT2D eigenvalue weighted by Crippen LogP contribution is 2.33. The first-order chi connectivity index (χ1) is 13.1. The summed E-state index contributed by atoms with van der Waals surface area (Å²) < 4.78 is 0. The summed E-state index contributed by atoms with van der Waals surface area (Å²) in [6.45, 7) is 7.10. The van der Waals surface area contributed by atoms with Crippen LogP contribution in [-0.4, -0.2) is 61.6 Å². The summed E-state index contributed by atoms with van der Waals surface area (Å²) in [4.78, 5) is 19.2. The van der Waals surface area contributed by atoms with Gasteiger partial charge in [0.25, 0.3) is 5.91 Å². The van der Waals surface area contributed by atoms with Crippen molar-refractivity contribution >= 4 is 35.8 Å². The number of guanidine groups is 1. The summed E-state index contributed by atoms with van der Waals surface area (Å²) in [7, 11) is 1.65. The van der Waals surface area contributed by atoms with E-state index in [9.17, 15) is 4.79 Å². The van der Waals surface area contributed by atoms with Crippen LogP contribution in [0.3, 0.4) is 0 Å². The van der Waals surface area contributed by atoms with Crippen molar-refractivity contribution < 1.29 is 4.79 Å². The van der Waals surface area contributed by atoms with E-state index in [0.29, 0.717) is 24.2 Å². The molecule has 1 aromatic carbocycles. The van der Waals surface area contributed by atoms with E-state index < -0.39 is 0 Å². The number of benzene rings is 1. The average Bonchev–Trinajstić information content (AvgIpc) is 3.44. The fourth-order valence-corrected chi connectivity index (χ4v) is 3.90. The van der Waals surface area contributed by atoms with Gasteiger partial charge in [-0.05, 0) is 57.2 Å². The van der Waals surface area contributed by atoms with Gasteiger partial charge >= 0.3 is 0 Å². The third-order valence-corrected chi connectivity index (χ3v) is 5.41. The molecule has 1 saturated heterocycles. The maximum absolute atomic E-state index is 11.8. The number of carbonyl (C=O) groups excluding carboxylic acids is 1. The summed E-state index contributed by atoms with van der Waals surface area (Å²) in [6, 6.07) is 9.71. The Morgan fingerprint density at radius 1 is 1.32 bits per heavy atom. The van der Waals surface area contributed by atoms with Gasteiger partial charge in [-0.15, -0.1) is 24.0 Å². The van der Waals surface area contributed by atoms with Crippen molar-refractivity contribution in [2.75, 3.05) is 26.7 Å². The first kappa shape index (κ1) is 22.9. The van der Waals surface area contributed by atoms with Gasteiger partial charge in [0, 0.05) is 50.4 Å². The smallest absolute Gasteiger partial charge is 0.251 e. The number of likely N-dealkylation sites (tertiary alicyclic amines) is 1. The van der Waals surface area contributed by atoms with Crippen molar-refractivity contribution in [1.29, 1.82) is 0 Å². The van der Waals surface area contributed by atoms with Gasteiger partial charge in [-0.1, -0.05) is 12.1 Å². The SMILES string of the molecule is CCNC(=NCCc1cccc(C(=O)NC)c1)NC1CC(C)N(C2CC2)C1.I. The molecular formula is C21H34IN5O. The van der Waals surface area contributed by atoms with Crippen LogP contribution in [-0.2, 0) is 6.42 Å². The Balaban J connectivity index is 0.00000280. The molecule has 0 bridgehead atoms. The molecule has 7 heteroatoms. The summed E-state index contributed by atoms with van der Waals surface area (Å²) in [6.07, 6.45) is 4.71. The lowest BCUT2D eigenvalue weighted by Crippen LogP contribution is -2.44. The number of carbonyl (C=O) groups is 1. The quantitative estimate of drug-likeness (QED) is 0.306. The molecule has 0 spiro atoms. The summed E-state index contributed by atoms with van der Waals surface area (Å²) in [5.41, 5.74) is 1.83. The molecule has 1 amide bonds. The topological polar surface area (TPSA) is 68.8 Å². The number of nitrogens with one attached hydrogen (secondary N) is 3. The molecule has 2 atom stereocenters. The minimum atomic E-state index is -0.0501. The predicted molar refractivity (Wildman–Crippen MR) is 126 cm³/mol. The molecule has 1 aliphatic carbocycles. The van der Waals surface area contributed by atoms with Crippen molar-refractivity contribution in [2.45, 2.75) is 57.7 Å². The van der Waals surface area contributed by atoms with E-state index in [2.05, 4.69) is 40.8 Å². The van der Waals surface area contributed by atoms with Crippen molar-refractivity contribution in [3.63, 3.8) is 0 Å². The second kappa shape index (κ2) is 11.0. The number of hydrogen-bond acceptors (Lipinski definition) is 3. The van der Waals surface area contributed by atoms with Crippen LogP contribution in [0.5, 0.6) is 0 Å². The zero-order valence-corrected chi connectivity index (χ0v) is 19.5. The number of halogens is 1. The molecule has 3 rings (SSSR count). The lowest BCUT2D eigenvalue weighted by molar-refractivity contribution is 0.0963. The standard InChI is InChI=1S/C21H33N5O.HI/c1-4-23-21(25-18-12-15(2)26(14-18)19-8-9-19)24-11-10-16-6-5-7-17(13-16)20(27)22-3;/h5-7,13,15,18-19H,4,8-12,14H2,1-3H3,(H,22,27)(H2,23,24,25);1H. The number of hydrogen-bond donors (Lipinski definition) is 3. The van der Waals surface area contributed by atoms with Crippen LogP contribution in [0.15, 0.2) is 29.3 Å². The third-order valence-electron chi connectivity index (χ3n) is 5.41. The van der Waals surface area contributed by atoms with Crippen LogP contribution in [0, 0.1) is 0 Å². The molecule has 1 saturated carbocycles. The second-order valence-electron chi connectivity index (χ2n) is 7.64. The van der Waals surface area contributed by atoms with E-state index in [0.717, 1.165) is 37.1 Å². The largest absolute Gasteiger partial charge is 0.357 e. The lowest BCUT2D eigenvalue weighted by Gasteiger charge is -2.20. The Bertz CT molecular complexity index is 677. The van der Waals surface area contributed by atoms with Crippen molar-refractivity contribution in [3.05, 3.63) is 35.4 Å². The van der Waals surface area contributed by atoms with Crippen LogP contribution in [0.4, 0.5) is 0 Å². The normalized spacial score (nSPS) is 22.5. The Labute approximate surface area is 186 Å². The number of aliphatic imine (C=N–C) groups is 1. The average molecular weight is 499 g/mol. The predicted octanol–water partition coefficient (Wildman–Crippen LogP) is 2.39. The molecule has 0 radical (unpaired) electrons. The molecule has 1 aliphatic heterocycles. The van der Waals surface area contributed by atoms with Crippen LogP contribution in [0.2, 0.25) is 0 Å². The molecule has 1 heterocycles. The van der Waals surface area contributed by atoms with E-state index in [4.69, 9.17) is 4.99 Å². The van der Waals surface area contributed by atoms with Crippen molar-refractivity contribution in [2.24, 2.45) is 4.99 Å². The van der Waals surface area contributed by atoms with E-state index in [1.165, 1.54) is 19.3 Å². The zero-order valence-electron chi connectivity index (χ0n) is 17.2. The van der Waals surface area contributed by atoms with E-state index in [-0.39, 0.29) is 29.9 Å². The van der Waals surface area contributed by atoms with Gasteiger partial charge in [0.05, 0.1) is 0 Å². The minimum Gasteiger partial charge on any atom is -0.357 e. The highest BCUT2D eigenvalue weighted by atomic mass is 127. The molecule has 2 aliphatic rings. The Morgan fingerprint density at radius 3 is 2.79 bits per heavy atom. The van der Waals surface area contributed by atoms with Gasteiger partial charge in [0.15, 0.2) is 5.96 Å². The van der Waals surface area contributed by atoms with Crippen molar-refractivity contribution in [3.8, 4) is 0 Å². The molecule has 3 N–H and O–H groups in total. The highest BCUT2D eigenvalue weighted by molar-refractivity contribution is 14.0. The third kappa shape index (κ3) is 6.34. The summed E-state index contributed by atoms with van der Waals surface area (Å²) in [5, 5.41) is 9.65. The summed E-state index contributed by atoms with van der Waals surface area (Å²) in [5.74, 6) is 0.848. The first-order valence-corrected chi connectivity index (χ1v) is 10.2. The van der Waals surface area contributed by atoms with Gasteiger partial charge in [0.1, 0.15) is 0 Å². The monoisotopic (exact) mass is 499 g/mol. The first-order valence-electron chi connectivity index (χ1n) is 10.2. The molecule has 28 heavy (non-hydrogen) atoms. The number of amides is 1. The maximum Gasteiger partial charge on any atom is 0.251 e. The molecule has 6 nitrogen and oxygen atoms in total. The molecule has 1 aromatic rings. The minimum absolute atomic E-state index is 0. The molecular weight excluding hydrogens is 465 g/mol. The van der Waals surface area contributed by atoms with E-state index >= 15 is 0 Å². The molecule has 156 valence electrons. The fraction of sp³-hybridized carbons (Fsp3) is 0.619.